The van der Waals surface area contributed by atoms with E-state index in [9.17, 15) is 0 Å². The first-order valence-corrected chi connectivity index (χ1v) is 5.91. The number of rotatable bonds is 1. The Balaban J connectivity index is 2.20. The fraction of sp³-hybridized carbons (Fsp3) is 0.538. The van der Waals surface area contributed by atoms with Crippen LogP contribution < -0.4 is 0 Å². The van der Waals surface area contributed by atoms with Gasteiger partial charge in [0.05, 0.1) is 0 Å². The molecular weight excluding hydrogens is 192 g/mol. The lowest BCUT2D eigenvalue weighted by Gasteiger charge is -2.27. The van der Waals surface area contributed by atoms with Gasteiger partial charge in [0, 0.05) is 11.3 Å². The molecule has 0 bridgehead atoms. The number of alkyl halides is 1. The molecule has 0 radical (unpaired) electrons. The van der Waals surface area contributed by atoms with Crippen LogP contribution in [0.15, 0.2) is 24.3 Å². The van der Waals surface area contributed by atoms with Gasteiger partial charge in [-0.05, 0) is 25.3 Å². The molecule has 1 heteroatoms. The average molecular weight is 209 g/mol. The van der Waals surface area contributed by atoms with Crippen LogP contribution in [0.2, 0.25) is 0 Å². The highest BCUT2D eigenvalue weighted by Crippen LogP contribution is 2.36. The molecule has 2 atom stereocenters. The molecule has 0 spiro atoms. The summed E-state index contributed by atoms with van der Waals surface area (Å²) in [5, 5.41) is 0.352. The van der Waals surface area contributed by atoms with Crippen molar-refractivity contribution in [3.05, 3.63) is 35.4 Å². The van der Waals surface area contributed by atoms with Crippen LogP contribution in [0.5, 0.6) is 0 Å². The average Bonchev–Trinajstić information content (AvgIpc) is 2.18. The molecule has 1 aliphatic carbocycles. The van der Waals surface area contributed by atoms with E-state index in [0.717, 1.165) is 0 Å². The first-order valence-electron chi connectivity index (χ1n) is 5.48. The van der Waals surface area contributed by atoms with Crippen LogP contribution in [0.3, 0.4) is 0 Å². The lowest BCUT2D eigenvalue weighted by atomic mass is 9.83. The van der Waals surface area contributed by atoms with Gasteiger partial charge in [0.15, 0.2) is 0 Å². The highest BCUT2D eigenvalue weighted by atomic mass is 35.5. The summed E-state index contributed by atoms with van der Waals surface area (Å²) in [6, 6.07) is 8.79. The predicted octanol–water partition coefficient (Wildman–Crippen LogP) is 4.26. The molecule has 14 heavy (non-hydrogen) atoms. The van der Waals surface area contributed by atoms with E-state index in [-0.39, 0.29) is 0 Å². The maximum atomic E-state index is 6.37. The summed E-state index contributed by atoms with van der Waals surface area (Å²) >= 11 is 6.37. The SMILES string of the molecule is Cc1cccc(C2CCCCC2Cl)c1. The predicted molar refractivity (Wildman–Crippen MR) is 62.0 cm³/mol. The molecular formula is C13H17Cl. The van der Waals surface area contributed by atoms with Crippen LogP contribution in [-0.2, 0) is 0 Å². The number of hydrogen-bond donors (Lipinski definition) is 0. The summed E-state index contributed by atoms with van der Waals surface area (Å²) in [6.45, 7) is 2.15. The van der Waals surface area contributed by atoms with Crippen molar-refractivity contribution in [1.82, 2.24) is 0 Å². The molecule has 0 N–H and O–H groups in total. The highest BCUT2D eigenvalue weighted by molar-refractivity contribution is 6.21. The van der Waals surface area contributed by atoms with Gasteiger partial charge in [0.1, 0.15) is 0 Å². The summed E-state index contributed by atoms with van der Waals surface area (Å²) < 4.78 is 0. The van der Waals surface area contributed by atoms with Gasteiger partial charge in [0.25, 0.3) is 0 Å². The molecule has 1 aromatic rings. The zero-order chi connectivity index (χ0) is 9.97. The summed E-state index contributed by atoms with van der Waals surface area (Å²) in [5.41, 5.74) is 2.78. The summed E-state index contributed by atoms with van der Waals surface area (Å²) in [4.78, 5) is 0. The number of hydrogen-bond acceptors (Lipinski definition) is 0. The Morgan fingerprint density at radius 1 is 1.21 bits per heavy atom. The van der Waals surface area contributed by atoms with Crippen LogP contribution in [0, 0.1) is 6.92 Å². The van der Waals surface area contributed by atoms with Gasteiger partial charge >= 0.3 is 0 Å². The van der Waals surface area contributed by atoms with Gasteiger partial charge < -0.3 is 0 Å². The number of benzene rings is 1. The summed E-state index contributed by atoms with van der Waals surface area (Å²) in [5.74, 6) is 0.588. The third-order valence-corrected chi connectivity index (χ3v) is 3.67. The van der Waals surface area contributed by atoms with Crippen molar-refractivity contribution >= 4 is 11.6 Å². The van der Waals surface area contributed by atoms with E-state index in [0.29, 0.717) is 11.3 Å². The normalized spacial score (nSPS) is 27.6. The minimum atomic E-state index is 0.352. The molecule has 76 valence electrons. The van der Waals surface area contributed by atoms with Crippen molar-refractivity contribution in [3.63, 3.8) is 0 Å². The molecule has 1 saturated carbocycles. The summed E-state index contributed by atoms with van der Waals surface area (Å²) in [7, 11) is 0. The Hall–Kier alpha value is -0.490. The minimum absolute atomic E-state index is 0.352. The van der Waals surface area contributed by atoms with Gasteiger partial charge in [0.2, 0.25) is 0 Å². The fourth-order valence-electron chi connectivity index (χ4n) is 2.36. The van der Waals surface area contributed by atoms with Crippen molar-refractivity contribution in [2.75, 3.05) is 0 Å². The quantitative estimate of drug-likeness (QED) is 0.605. The Kier molecular flexibility index (Phi) is 3.12. The first kappa shape index (κ1) is 10.0. The molecule has 1 fully saturated rings. The smallest absolute Gasteiger partial charge is 0.0404 e. The molecule has 0 amide bonds. The molecule has 2 rings (SSSR count). The molecule has 0 heterocycles. The molecule has 0 saturated heterocycles. The molecule has 0 nitrogen and oxygen atoms in total. The van der Waals surface area contributed by atoms with E-state index in [4.69, 9.17) is 11.6 Å². The van der Waals surface area contributed by atoms with Crippen molar-refractivity contribution in [1.29, 1.82) is 0 Å². The van der Waals surface area contributed by atoms with E-state index in [1.807, 2.05) is 0 Å². The monoisotopic (exact) mass is 208 g/mol. The van der Waals surface area contributed by atoms with Gasteiger partial charge in [-0.1, -0.05) is 42.7 Å². The lowest BCUT2D eigenvalue weighted by molar-refractivity contribution is 0.450. The second kappa shape index (κ2) is 4.35. The van der Waals surface area contributed by atoms with Crippen LogP contribution in [-0.4, -0.2) is 5.38 Å². The van der Waals surface area contributed by atoms with Crippen LogP contribution in [0.4, 0.5) is 0 Å². The van der Waals surface area contributed by atoms with Crippen molar-refractivity contribution in [2.45, 2.75) is 43.9 Å². The van der Waals surface area contributed by atoms with Crippen LogP contribution in [0.1, 0.15) is 42.7 Å². The Morgan fingerprint density at radius 2 is 2.00 bits per heavy atom. The topological polar surface area (TPSA) is 0 Å². The third kappa shape index (κ3) is 2.12. The van der Waals surface area contributed by atoms with Crippen molar-refractivity contribution in [2.24, 2.45) is 0 Å². The van der Waals surface area contributed by atoms with Gasteiger partial charge in [-0.15, -0.1) is 11.6 Å². The summed E-state index contributed by atoms with van der Waals surface area (Å²) in [6.07, 6.45) is 5.08. The van der Waals surface area contributed by atoms with Crippen LogP contribution in [0.25, 0.3) is 0 Å². The van der Waals surface area contributed by atoms with E-state index in [2.05, 4.69) is 31.2 Å². The van der Waals surface area contributed by atoms with E-state index >= 15 is 0 Å². The van der Waals surface area contributed by atoms with Crippen LogP contribution >= 0.6 is 11.6 Å². The van der Waals surface area contributed by atoms with E-state index < -0.39 is 0 Å². The van der Waals surface area contributed by atoms with Gasteiger partial charge in [-0.2, -0.15) is 0 Å². The Morgan fingerprint density at radius 3 is 2.71 bits per heavy atom. The zero-order valence-corrected chi connectivity index (χ0v) is 9.43. The molecule has 0 aromatic heterocycles. The van der Waals surface area contributed by atoms with Gasteiger partial charge in [-0.3, -0.25) is 0 Å². The maximum Gasteiger partial charge on any atom is 0.0404 e. The van der Waals surface area contributed by atoms with Gasteiger partial charge in [-0.25, -0.2) is 0 Å². The third-order valence-electron chi connectivity index (χ3n) is 3.15. The maximum absolute atomic E-state index is 6.37. The standard InChI is InChI=1S/C13H17Cl/c1-10-5-4-6-11(9-10)12-7-2-3-8-13(12)14/h4-6,9,12-13H,2-3,7-8H2,1H3. The second-order valence-electron chi connectivity index (χ2n) is 4.32. The minimum Gasteiger partial charge on any atom is -0.122 e. The number of halogens is 1. The molecule has 1 aliphatic rings. The van der Waals surface area contributed by atoms with E-state index in [1.165, 1.54) is 36.8 Å². The Labute approximate surface area is 91.3 Å². The molecule has 1 aromatic carbocycles. The zero-order valence-electron chi connectivity index (χ0n) is 8.67. The van der Waals surface area contributed by atoms with Crippen molar-refractivity contribution in [3.8, 4) is 0 Å². The number of aryl methyl sites for hydroxylation is 1. The van der Waals surface area contributed by atoms with E-state index in [1.54, 1.807) is 0 Å². The molecule has 2 unspecified atom stereocenters. The molecule has 0 aliphatic heterocycles. The van der Waals surface area contributed by atoms with Crippen molar-refractivity contribution < 1.29 is 0 Å². The second-order valence-corrected chi connectivity index (χ2v) is 4.88. The first-order chi connectivity index (χ1) is 6.77. The fourth-order valence-corrected chi connectivity index (χ4v) is 2.79. The Bertz CT molecular complexity index is 306. The highest BCUT2D eigenvalue weighted by Gasteiger charge is 2.24. The largest absolute Gasteiger partial charge is 0.122 e. The lowest BCUT2D eigenvalue weighted by Crippen LogP contribution is -2.17.